The number of benzene rings is 2. The van der Waals surface area contributed by atoms with Gasteiger partial charge in [-0.1, -0.05) is 25.1 Å². The molecule has 0 aliphatic carbocycles. The second-order valence-corrected chi connectivity index (χ2v) is 9.41. The second-order valence-electron chi connectivity index (χ2n) is 7.08. The predicted molar refractivity (Wildman–Crippen MR) is 136 cm³/mol. The van der Waals surface area contributed by atoms with Gasteiger partial charge in [-0.25, -0.2) is 0 Å². The number of rotatable bonds is 10. The van der Waals surface area contributed by atoms with Crippen LogP contribution in [0, 0.1) is 7.14 Å². The first-order valence-corrected chi connectivity index (χ1v) is 12.1. The molecule has 0 saturated carbocycles. The third kappa shape index (κ3) is 5.54. The molecule has 1 atom stereocenters. The Morgan fingerprint density at radius 3 is 2.60 bits per heavy atom. The van der Waals surface area contributed by atoms with Crippen LogP contribution in [0.5, 0.6) is 5.75 Å². The lowest BCUT2D eigenvalue weighted by atomic mass is 9.98. The summed E-state index contributed by atoms with van der Waals surface area (Å²) in [7, 11) is 0. The highest BCUT2D eigenvalue weighted by Gasteiger charge is 2.23. The van der Waals surface area contributed by atoms with Crippen molar-refractivity contribution in [1.29, 1.82) is 0 Å². The lowest BCUT2D eigenvalue weighted by Gasteiger charge is -2.12. The van der Waals surface area contributed by atoms with E-state index in [4.69, 9.17) is 9.15 Å². The summed E-state index contributed by atoms with van der Waals surface area (Å²) in [5, 5.41) is 13.7. The third-order valence-corrected chi connectivity index (χ3v) is 6.32. The van der Waals surface area contributed by atoms with Crippen molar-refractivity contribution in [3.63, 3.8) is 0 Å². The normalized spacial score (nSPS) is 12.3. The van der Waals surface area contributed by atoms with Crippen molar-refractivity contribution in [2.24, 2.45) is 0 Å². The van der Waals surface area contributed by atoms with Crippen molar-refractivity contribution in [2.75, 3.05) is 19.7 Å². The smallest absolute Gasteiger partial charge is 0.197 e. The fraction of sp³-hybridized carbons (Fsp3) is 0.348. The van der Waals surface area contributed by atoms with Gasteiger partial charge in [0.25, 0.3) is 0 Å². The van der Waals surface area contributed by atoms with E-state index in [1.807, 2.05) is 36.4 Å². The van der Waals surface area contributed by atoms with Crippen LogP contribution in [0.2, 0.25) is 0 Å². The Morgan fingerprint density at radius 2 is 1.93 bits per heavy atom. The van der Waals surface area contributed by atoms with E-state index >= 15 is 0 Å². The van der Waals surface area contributed by atoms with Gasteiger partial charge in [-0.2, -0.15) is 0 Å². The molecule has 0 spiro atoms. The first-order valence-electron chi connectivity index (χ1n) is 9.98. The van der Waals surface area contributed by atoms with Crippen LogP contribution in [0.25, 0.3) is 11.0 Å². The lowest BCUT2D eigenvalue weighted by Crippen LogP contribution is -2.20. The Kier molecular flexibility index (Phi) is 8.55. The van der Waals surface area contributed by atoms with Crippen LogP contribution < -0.4 is 10.1 Å². The fourth-order valence-electron chi connectivity index (χ4n) is 3.24. The Labute approximate surface area is 203 Å². The van der Waals surface area contributed by atoms with E-state index in [0.717, 1.165) is 31.4 Å². The number of fused-ring (bicyclic) bond motifs is 1. The van der Waals surface area contributed by atoms with E-state index in [-0.39, 0.29) is 5.78 Å². The maximum absolute atomic E-state index is 13.5. The third-order valence-electron chi connectivity index (χ3n) is 4.72. The lowest BCUT2D eigenvalue weighted by molar-refractivity contribution is 0.103. The van der Waals surface area contributed by atoms with Crippen LogP contribution in [-0.4, -0.2) is 36.7 Å². The summed E-state index contributed by atoms with van der Waals surface area (Å²) in [6, 6.07) is 11.3. The standard InChI is InChI=1S/C23H25I2NO4/c1-3-26-10-11-29-23-17(24)12-15(13-18(23)25)22(28)21-16-6-4-5-7-19(16)30-20(21)9-8-14(2)27/h4-7,12-14,26-27H,3,8-11H2,1-2H3. The Morgan fingerprint density at radius 1 is 1.23 bits per heavy atom. The Balaban J connectivity index is 1.94. The molecule has 0 aliphatic heterocycles. The monoisotopic (exact) mass is 633 g/mol. The van der Waals surface area contributed by atoms with E-state index < -0.39 is 6.10 Å². The van der Waals surface area contributed by atoms with Crippen molar-refractivity contribution in [3.8, 4) is 5.75 Å². The zero-order valence-corrected chi connectivity index (χ0v) is 21.3. The highest BCUT2D eigenvalue weighted by atomic mass is 127. The number of para-hydroxylation sites is 1. The summed E-state index contributed by atoms with van der Waals surface area (Å²) in [5.74, 6) is 1.35. The number of hydrogen-bond acceptors (Lipinski definition) is 5. The van der Waals surface area contributed by atoms with Crippen LogP contribution in [-0.2, 0) is 6.42 Å². The predicted octanol–water partition coefficient (Wildman–Crippen LogP) is 5.17. The molecule has 0 fully saturated rings. The van der Waals surface area contributed by atoms with E-state index in [1.165, 1.54) is 0 Å². The summed E-state index contributed by atoms with van der Waals surface area (Å²) in [6.45, 7) is 6.05. The van der Waals surface area contributed by atoms with Gasteiger partial charge in [-0.3, -0.25) is 4.79 Å². The zero-order valence-electron chi connectivity index (χ0n) is 17.0. The van der Waals surface area contributed by atoms with Crippen LogP contribution in [0.15, 0.2) is 40.8 Å². The molecule has 1 heterocycles. The van der Waals surface area contributed by atoms with Crippen molar-refractivity contribution in [2.45, 2.75) is 32.8 Å². The molecule has 0 radical (unpaired) electrons. The van der Waals surface area contributed by atoms with Gasteiger partial charge in [0.15, 0.2) is 5.78 Å². The van der Waals surface area contributed by atoms with E-state index in [1.54, 1.807) is 6.92 Å². The number of aliphatic hydroxyl groups is 1. The molecule has 3 aromatic rings. The summed E-state index contributed by atoms with van der Waals surface area (Å²) in [4.78, 5) is 13.5. The van der Waals surface area contributed by atoms with Gasteiger partial charge >= 0.3 is 0 Å². The topological polar surface area (TPSA) is 71.7 Å². The molecule has 2 aromatic carbocycles. The molecular weight excluding hydrogens is 608 g/mol. The number of aliphatic hydroxyl groups excluding tert-OH is 1. The van der Waals surface area contributed by atoms with E-state index in [2.05, 4.69) is 57.4 Å². The summed E-state index contributed by atoms with van der Waals surface area (Å²) >= 11 is 4.43. The molecular formula is C23H25I2NO4. The number of carbonyl (C=O) groups excluding carboxylic acids is 1. The minimum Gasteiger partial charge on any atom is -0.490 e. The Bertz CT molecular complexity index is 1010. The molecule has 1 unspecified atom stereocenters. The fourth-order valence-corrected chi connectivity index (χ4v) is 5.32. The molecule has 7 heteroatoms. The summed E-state index contributed by atoms with van der Waals surface area (Å²) in [6.07, 6.45) is 0.586. The molecule has 3 rings (SSSR count). The molecule has 0 saturated heterocycles. The van der Waals surface area contributed by atoms with Crippen LogP contribution >= 0.6 is 45.2 Å². The number of likely N-dealkylation sites (N-methyl/N-ethyl adjacent to an activating group) is 1. The molecule has 0 amide bonds. The van der Waals surface area contributed by atoms with Crippen molar-refractivity contribution >= 4 is 61.9 Å². The molecule has 30 heavy (non-hydrogen) atoms. The van der Waals surface area contributed by atoms with Crippen molar-refractivity contribution in [3.05, 3.63) is 60.4 Å². The SMILES string of the molecule is CCNCCOc1c(I)cc(C(=O)c2c(CCC(C)O)oc3ccccc23)cc1I. The number of ether oxygens (including phenoxy) is 1. The van der Waals surface area contributed by atoms with Gasteiger partial charge in [0.05, 0.1) is 18.8 Å². The average molecular weight is 633 g/mol. The number of aryl methyl sites for hydroxylation is 1. The van der Waals surface area contributed by atoms with E-state index in [9.17, 15) is 9.90 Å². The first kappa shape index (κ1) is 23.5. The first-order chi connectivity index (χ1) is 14.4. The van der Waals surface area contributed by atoms with E-state index in [0.29, 0.717) is 41.9 Å². The van der Waals surface area contributed by atoms with Gasteiger partial charge in [-0.15, -0.1) is 0 Å². The number of halogens is 2. The number of furan rings is 1. The van der Waals surface area contributed by atoms with Gasteiger partial charge < -0.3 is 19.6 Å². The van der Waals surface area contributed by atoms with Gasteiger partial charge in [0.1, 0.15) is 23.7 Å². The highest BCUT2D eigenvalue weighted by Crippen LogP contribution is 2.33. The molecule has 0 bridgehead atoms. The zero-order chi connectivity index (χ0) is 21.7. The summed E-state index contributed by atoms with van der Waals surface area (Å²) in [5.41, 5.74) is 1.88. The molecule has 0 aliphatic rings. The number of nitrogens with one attached hydrogen (secondary N) is 1. The maximum atomic E-state index is 13.5. The molecule has 1 aromatic heterocycles. The molecule has 2 N–H and O–H groups in total. The van der Waals surface area contributed by atoms with Gasteiger partial charge in [0.2, 0.25) is 0 Å². The Hall–Kier alpha value is -1.17. The molecule has 5 nitrogen and oxygen atoms in total. The van der Waals surface area contributed by atoms with Gasteiger partial charge in [-0.05, 0) is 83.3 Å². The average Bonchev–Trinajstić information content (AvgIpc) is 3.09. The van der Waals surface area contributed by atoms with Crippen molar-refractivity contribution in [1.82, 2.24) is 5.32 Å². The second kappa shape index (κ2) is 10.9. The molecule has 160 valence electrons. The van der Waals surface area contributed by atoms with Crippen LogP contribution in [0.4, 0.5) is 0 Å². The number of ketones is 1. The van der Waals surface area contributed by atoms with Crippen LogP contribution in [0.3, 0.4) is 0 Å². The van der Waals surface area contributed by atoms with Crippen LogP contribution in [0.1, 0.15) is 41.9 Å². The highest BCUT2D eigenvalue weighted by molar-refractivity contribution is 14.1. The van der Waals surface area contributed by atoms with Crippen molar-refractivity contribution < 1.29 is 19.1 Å². The number of hydrogen-bond donors (Lipinski definition) is 2. The quantitative estimate of drug-likeness (QED) is 0.183. The summed E-state index contributed by atoms with van der Waals surface area (Å²) < 4.78 is 13.7. The maximum Gasteiger partial charge on any atom is 0.197 e. The number of carbonyl (C=O) groups is 1. The van der Waals surface area contributed by atoms with Gasteiger partial charge in [0, 0.05) is 23.9 Å². The minimum atomic E-state index is -0.457. The minimum absolute atomic E-state index is 0.0735. The largest absolute Gasteiger partial charge is 0.490 e.